The fourth-order valence-electron chi connectivity index (χ4n) is 2.37. The molecule has 2 unspecified atom stereocenters. The van der Waals surface area contributed by atoms with E-state index >= 15 is 0 Å². The molecule has 1 N–H and O–H groups in total. The summed E-state index contributed by atoms with van der Waals surface area (Å²) in [7, 11) is 0. The monoisotopic (exact) mass is 206 g/mol. The van der Waals surface area contributed by atoms with E-state index in [9.17, 15) is 5.11 Å². The summed E-state index contributed by atoms with van der Waals surface area (Å²) < 4.78 is 5.37. The highest BCUT2D eigenvalue weighted by Crippen LogP contribution is 2.37. The Morgan fingerprint density at radius 3 is 2.67 bits per heavy atom. The van der Waals surface area contributed by atoms with Gasteiger partial charge in [-0.15, -0.1) is 0 Å². The van der Waals surface area contributed by atoms with Crippen molar-refractivity contribution in [3.05, 3.63) is 35.9 Å². The fourth-order valence-corrected chi connectivity index (χ4v) is 2.37. The van der Waals surface area contributed by atoms with Gasteiger partial charge in [-0.3, -0.25) is 0 Å². The van der Waals surface area contributed by atoms with Gasteiger partial charge in [-0.25, -0.2) is 0 Å². The molecule has 0 bridgehead atoms. The van der Waals surface area contributed by atoms with Crippen molar-refractivity contribution in [2.45, 2.75) is 25.4 Å². The van der Waals surface area contributed by atoms with E-state index in [2.05, 4.69) is 0 Å². The normalized spacial score (nSPS) is 25.1. The van der Waals surface area contributed by atoms with E-state index in [1.165, 1.54) is 0 Å². The lowest BCUT2D eigenvalue weighted by molar-refractivity contribution is -0.0307. The molecule has 15 heavy (non-hydrogen) atoms. The highest BCUT2D eigenvalue weighted by atomic mass is 16.5. The number of aliphatic hydroxyl groups is 1. The van der Waals surface area contributed by atoms with Gasteiger partial charge in [0.05, 0.1) is 12.2 Å². The molecule has 1 aromatic rings. The summed E-state index contributed by atoms with van der Waals surface area (Å²) in [6.45, 7) is 3.49. The highest BCUT2D eigenvalue weighted by Gasteiger charge is 2.38. The van der Waals surface area contributed by atoms with Gasteiger partial charge in [0, 0.05) is 12.5 Å². The maximum absolute atomic E-state index is 10.7. The predicted octanol–water partition coefficient (Wildman–Crippen LogP) is 2.32. The van der Waals surface area contributed by atoms with E-state index in [-0.39, 0.29) is 5.92 Å². The first-order valence-corrected chi connectivity index (χ1v) is 5.63. The molecule has 1 saturated heterocycles. The van der Waals surface area contributed by atoms with Gasteiger partial charge in [-0.2, -0.15) is 0 Å². The van der Waals surface area contributed by atoms with Crippen LogP contribution in [0, 0.1) is 5.92 Å². The third-order valence-electron chi connectivity index (χ3n) is 3.42. The maximum Gasteiger partial charge on any atom is 0.0944 e. The van der Waals surface area contributed by atoms with Crippen molar-refractivity contribution in [3.8, 4) is 0 Å². The van der Waals surface area contributed by atoms with Crippen LogP contribution in [0.15, 0.2) is 30.3 Å². The quantitative estimate of drug-likeness (QED) is 0.822. The van der Waals surface area contributed by atoms with Crippen molar-refractivity contribution in [2.24, 2.45) is 5.92 Å². The number of hydrogen-bond acceptors (Lipinski definition) is 2. The molecule has 0 amide bonds. The first-order chi connectivity index (χ1) is 7.27. The van der Waals surface area contributed by atoms with Gasteiger partial charge >= 0.3 is 0 Å². The summed E-state index contributed by atoms with van der Waals surface area (Å²) in [5.74, 6) is 0.241. The number of rotatable bonds is 3. The molecule has 0 aliphatic carbocycles. The third-order valence-corrected chi connectivity index (χ3v) is 3.42. The van der Waals surface area contributed by atoms with Crippen LogP contribution in [0.25, 0.3) is 0 Å². The second kappa shape index (κ2) is 4.33. The molecule has 0 saturated carbocycles. The van der Waals surface area contributed by atoms with Gasteiger partial charge in [0.1, 0.15) is 0 Å². The Labute approximate surface area is 90.9 Å². The van der Waals surface area contributed by atoms with Crippen molar-refractivity contribution in [1.29, 1.82) is 0 Å². The van der Waals surface area contributed by atoms with Crippen LogP contribution in [0.5, 0.6) is 0 Å². The molecule has 2 atom stereocenters. The van der Waals surface area contributed by atoms with Gasteiger partial charge in [-0.1, -0.05) is 37.3 Å². The second-order valence-electron chi connectivity index (χ2n) is 4.20. The summed E-state index contributed by atoms with van der Waals surface area (Å²) in [5, 5.41) is 10.7. The van der Waals surface area contributed by atoms with Gasteiger partial charge in [0.25, 0.3) is 0 Å². The van der Waals surface area contributed by atoms with E-state index in [4.69, 9.17) is 4.74 Å². The third kappa shape index (κ3) is 1.92. The summed E-state index contributed by atoms with van der Waals surface area (Å²) >= 11 is 0. The Bertz CT molecular complexity index is 304. The SMILES string of the molecule is CCC(O)(c1ccccc1)C1CCOC1. The molecule has 1 aromatic carbocycles. The van der Waals surface area contributed by atoms with Crippen LogP contribution in [0.2, 0.25) is 0 Å². The molecular weight excluding hydrogens is 188 g/mol. The average molecular weight is 206 g/mol. The van der Waals surface area contributed by atoms with E-state index < -0.39 is 5.60 Å². The lowest BCUT2D eigenvalue weighted by Gasteiger charge is -2.32. The number of hydrogen-bond donors (Lipinski definition) is 1. The highest BCUT2D eigenvalue weighted by molar-refractivity contribution is 5.23. The molecule has 82 valence electrons. The van der Waals surface area contributed by atoms with Crippen LogP contribution < -0.4 is 0 Å². The van der Waals surface area contributed by atoms with Crippen LogP contribution in [0.1, 0.15) is 25.3 Å². The first kappa shape index (κ1) is 10.7. The standard InChI is InChI=1S/C13H18O2/c1-2-13(14,12-8-9-15-10-12)11-6-4-3-5-7-11/h3-7,12,14H,2,8-10H2,1H3. The van der Waals surface area contributed by atoms with Gasteiger partial charge in [0.2, 0.25) is 0 Å². The molecule has 1 heterocycles. The predicted molar refractivity (Wildman–Crippen MR) is 59.6 cm³/mol. The van der Waals surface area contributed by atoms with E-state index in [1.807, 2.05) is 37.3 Å². The molecule has 1 aliphatic rings. The van der Waals surface area contributed by atoms with Crippen molar-refractivity contribution in [2.75, 3.05) is 13.2 Å². The molecule has 1 fully saturated rings. The van der Waals surface area contributed by atoms with Crippen molar-refractivity contribution < 1.29 is 9.84 Å². The van der Waals surface area contributed by atoms with Gasteiger partial charge < -0.3 is 9.84 Å². The lowest BCUT2D eigenvalue weighted by atomic mass is 9.79. The van der Waals surface area contributed by atoms with E-state index in [0.717, 1.165) is 25.0 Å². The van der Waals surface area contributed by atoms with Gasteiger partial charge in [0.15, 0.2) is 0 Å². The fraction of sp³-hybridized carbons (Fsp3) is 0.538. The first-order valence-electron chi connectivity index (χ1n) is 5.63. The van der Waals surface area contributed by atoms with E-state index in [0.29, 0.717) is 6.61 Å². The number of benzene rings is 1. The topological polar surface area (TPSA) is 29.5 Å². The van der Waals surface area contributed by atoms with Crippen LogP contribution in [0.3, 0.4) is 0 Å². The number of ether oxygens (including phenoxy) is 1. The summed E-state index contributed by atoms with van der Waals surface area (Å²) in [5.41, 5.74) is 0.306. The second-order valence-corrected chi connectivity index (χ2v) is 4.20. The Hall–Kier alpha value is -0.860. The Morgan fingerprint density at radius 1 is 1.40 bits per heavy atom. The van der Waals surface area contributed by atoms with Crippen LogP contribution >= 0.6 is 0 Å². The van der Waals surface area contributed by atoms with Crippen molar-refractivity contribution in [1.82, 2.24) is 0 Å². The molecule has 0 aromatic heterocycles. The van der Waals surface area contributed by atoms with Crippen molar-refractivity contribution >= 4 is 0 Å². The van der Waals surface area contributed by atoms with Crippen LogP contribution in [-0.2, 0) is 10.3 Å². The molecule has 2 nitrogen and oxygen atoms in total. The van der Waals surface area contributed by atoms with Crippen LogP contribution in [0.4, 0.5) is 0 Å². The zero-order chi connectivity index (χ0) is 10.7. The maximum atomic E-state index is 10.7. The van der Waals surface area contributed by atoms with Gasteiger partial charge in [-0.05, 0) is 18.4 Å². The Morgan fingerprint density at radius 2 is 2.13 bits per heavy atom. The lowest BCUT2D eigenvalue weighted by Crippen LogP contribution is -2.34. The molecular formula is C13H18O2. The average Bonchev–Trinajstić information content (AvgIpc) is 2.83. The minimum atomic E-state index is -0.711. The molecule has 1 aliphatic heterocycles. The minimum absolute atomic E-state index is 0.241. The minimum Gasteiger partial charge on any atom is -0.385 e. The zero-order valence-electron chi connectivity index (χ0n) is 9.15. The molecule has 2 heteroatoms. The Kier molecular flexibility index (Phi) is 3.08. The smallest absolute Gasteiger partial charge is 0.0944 e. The molecule has 0 radical (unpaired) electrons. The molecule has 0 spiro atoms. The Balaban J connectivity index is 2.28. The summed E-state index contributed by atoms with van der Waals surface area (Å²) in [6, 6.07) is 9.94. The molecule has 2 rings (SSSR count). The van der Waals surface area contributed by atoms with E-state index in [1.54, 1.807) is 0 Å². The largest absolute Gasteiger partial charge is 0.385 e. The van der Waals surface area contributed by atoms with Crippen molar-refractivity contribution in [3.63, 3.8) is 0 Å². The summed E-state index contributed by atoms with van der Waals surface area (Å²) in [6.07, 6.45) is 1.70. The van der Waals surface area contributed by atoms with Crippen LogP contribution in [-0.4, -0.2) is 18.3 Å². The summed E-state index contributed by atoms with van der Waals surface area (Å²) in [4.78, 5) is 0. The zero-order valence-corrected chi connectivity index (χ0v) is 9.15.